The van der Waals surface area contributed by atoms with Crippen LogP contribution < -0.4 is 4.90 Å². The summed E-state index contributed by atoms with van der Waals surface area (Å²) in [6, 6.07) is 67.3. The van der Waals surface area contributed by atoms with E-state index in [2.05, 4.69) is 181 Å². The van der Waals surface area contributed by atoms with Gasteiger partial charge < -0.3 is 9.32 Å². The molecule has 10 aromatic rings. The van der Waals surface area contributed by atoms with Gasteiger partial charge in [0, 0.05) is 36.9 Å². The maximum atomic E-state index is 6.36. The standard InChI is InChI=1S/C48H31NOS/c1-2-11-32(12-3-1)35-13-8-14-36(31-35)33-23-27-37(28-24-33)49(43-19-10-21-45-47(43)42-16-4-6-20-44(42)50-45)38-29-25-34(26-30-38)39-17-9-18-41-40-15-5-7-22-46(40)51-48(39)41/h1-31H. The Balaban J connectivity index is 1.10. The Morgan fingerprint density at radius 1 is 0.392 bits per heavy atom. The maximum Gasteiger partial charge on any atom is 0.137 e. The van der Waals surface area contributed by atoms with Crippen molar-refractivity contribution >= 4 is 70.5 Å². The number of benzene rings is 8. The minimum atomic E-state index is 0.876. The van der Waals surface area contributed by atoms with Gasteiger partial charge in [-0.1, -0.05) is 133 Å². The highest BCUT2D eigenvalue weighted by Gasteiger charge is 2.20. The summed E-state index contributed by atoms with van der Waals surface area (Å²) in [6.45, 7) is 0. The molecule has 0 aliphatic heterocycles. The quantitative estimate of drug-likeness (QED) is 0.175. The molecule has 0 bridgehead atoms. The summed E-state index contributed by atoms with van der Waals surface area (Å²) < 4.78 is 9.00. The van der Waals surface area contributed by atoms with Crippen molar-refractivity contribution in [3.05, 3.63) is 188 Å². The lowest BCUT2D eigenvalue weighted by Crippen LogP contribution is -2.10. The van der Waals surface area contributed by atoms with Gasteiger partial charge in [-0.25, -0.2) is 0 Å². The fourth-order valence-corrected chi connectivity index (χ4v) is 8.68. The van der Waals surface area contributed by atoms with Crippen molar-refractivity contribution < 1.29 is 4.42 Å². The van der Waals surface area contributed by atoms with E-state index in [0.29, 0.717) is 0 Å². The highest BCUT2D eigenvalue weighted by molar-refractivity contribution is 7.26. The average Bonchev–Trinajstić information content (AvgIpc) is 3.78. The van der Waals surface area contributed by atoms with Crippen molar-refractivity contribution in [2.45, 2.75) is 0 Å². The summed E-state index contributed by atoms with van der Waals surface area (Å²) in [5, 5.41) is 4.84. The third-order valence-electron chi connectivity index (χ3n) is 9.89. The largest absolute Gasteiger partial charge is 0.456 e. The topological polar surface area (TPSA) is 16.4 Å². The molecule has 240 valence electrons. The minimum Gasteiger partial charge on any atom is -0.456 e. The number of thiophene rings is 1. The van der Waals surface area contributed by atoms with Crippen LogP contribution in [0.5, 0.6) is 0 Å². The zero-order chi connectivity index (χ0) is 33.7. The number of fused-ring (bicyclic) bond motifs is 6. The number of rotatable bonds is 6. The third-order valence-corrected chi connectivity index (χ3v) is 11.1. The molecule has 51 heavy (non-hydrogen) atoms. The Labute approximate surface area is 300 Å². The molecule has 10 rings (SSSR count). The van der Waals surface area contributed by atoms with Crippen molar-refractivity contribution in [1.29, 1.82) is 0 Å². The van der Waals surface area contributed by atoms with E-state index in [1.54, 1.807) is 0 Å². The van der Waals surface area contributed by atoms with Gasteiger partial charge in [0.05, 0.1) is 11.1 Å². The molecule has 0 aliphatic carbocycles. The van der Waals surface area contributed by atoms with Gasteiger partial charge in [0.25, 0.3) is 0 Å². The van der Waals surface area contributed by atoms with Crippen molar-refractivity contribution in [1.82, 2.24) is 0 Å². The van der Waals surface area contributed by atoms with E-state index >= 15 is 0 Å². The first-order valence-electron chi connectivity index (χ1n) is 17.3. The Hall–Kier alpha value is -6.42. The van der Waals surface area contributed by atoms with E-state index in [1.165, 1.54) is 53.6 Å². The Bertz CT molecular complexity index is 2850. The molecule has 0 radical (unpaired) electrons. The first-order valence-corrected chi connectivity index (χ1v) is 18.1. The number of hydrogen-bond donors (Lipinski definition) is 0. The Morgan fingerprint density at radius 3 is 1.75 bits per heavy atom. The molecule has 0 atom stereocenters. The van der Waals surface area contributed by atoms with Crippen molar-refractivity contribution in [3.63, 3.8) is 0 Å². The number of para-hydroxylation sites is 1. The summed E-state index contributed by atoms with van der Waals surface area (Å²) in [5.74, 6) is 0. The van der Waals surface area contributed by atoms with Crippen LogP contribution in [0.4, 0.5) is 17.1 Å². The molecule has 0 fully saturated rings. The van der Waals surface area contributed by atoms with Gasteiger partial charge in [-0.2, -0.15) is 0 Å². The van der Waals surface area contributed by atoms with Gasteiger partial charge >= 0.3 is 0 Å². The number of anilines is 3. The van der Waals surface area contributed by atoms with Gasteiger partial charge in [0.2, 0.25) is 0 Å². The molecule has 0 N–H and O–H groups in total. The molecule has 0 saturated heterocycles. The number of hydrogen-bond acceptors (Lipinski definition) is 3. The summed E-state index contributed by atoms with van der Waals surface area (Å²) in [4.78, 5) is 2.36. The molecule has 8 aromatic carbocycles. The van der Waals surface area contributed by atoms with Crippen LogP contribution in [0.1, 0.15) is 0 Å². The molecule has 2 aromatic heterocycles. The van der Waals surface area contributed by atoms with Crippen LogP contribution in [0.25, 0.3) is 75.5 Å². The predicted molar refractivity (Wildman–Crippen MR) is 218 cm³/mol. The molecule has 0 unspecified atom stereocenters. The molecular weight excluding hydrogens is 639 g/mol. The summed E-state index contributed by atoms with van der Waals surface area (Å²) >= 11 is 1.87. The minimum absolute atomic E-state index is 0.876. The lowest BCUT2D eigenvalue weighted by molar-refractivity contribution is 0.669. The van der Waals surface area contributed by atoms with E-state index in [9.17, 15) is 0 Å². The van der Waals surface area contributed by atoms with E-state index in [4.69, 9.17) is 4.42 Å². The van der Waals surface area contributed by atoms with E-state index in [1.807, 2.05) is 23.5 Å². The van der Waals surface area contributed by atoms with Crippen LogP contribution >= 0.6 is 11.3 Å². The maximum absolute atomic E-state index is 6.36. The normalized spacial score (nSPS) is 11.5. The molecule has 3 heteroatoms. The van der Waals surface area contributed by atoms with Gasteiger partial charge in [0.1, 0.15) is 11.2 Å². The van der Waals surface area contributed by atoms with Crippen LogP contribution in [0.2, 0.25) is 0 Å². The highest BCUT2D eigenvalue weighted by Crippen LogP contribution is 2.45. The first kappa shape index (κ1) is 29.5. The second-order valence-corrected chi connectivity index (χ2v) is 14.0. The lowest BCUT2D eigenvalue weighted by atomic mass is 9.98. The molecule has 0 spiro atoms. The second kappa shape index (κ2) is 12.2. The van der Waals surface area contributed by atoms with E-state index in [0.717, 1.165) is 39.0 Å². The third kappa shape index (κ3) is 5.10. The average molecular weight is 670 g/mol. The number of nitrogens with zero attached hydrogens (tertiary/aromatic N) is 1. The summed E-state index contributed by atoms with van der Waals surface area (Å²) in [7, 11) is 0. The fourth-order valence-electron chi connectivity index (χ4n) is 7.45. The molecule has 2 heterocycles. The molecule has 0 amide bonds. The monoisotopic (exact) mass is 669 g/mol. The van der Waals surface area contributed by atoms with Gasteiger partial charge in [-0.15, -0.1) is 11.3 Å². The second-order valence-electron chi connectivity index (χ2n) is 12.9. The van der Waals surface area contributed by atoms with Gasteiger partial charge in [0.15, 0.2) is 0 Å². The molecule has 2 nitrogen and oxygen atoms in total. The first-order chi connectivity index (χ1) is 25.3. The van der Waals surface area contributed by atoms with Crippen LogP contribution in [0, 0.1) is 0 Å². The van der Waals surface area contributed by atoms with Crippen molar-refractivity contribution in [2.75, 3.05) is 4.90 Å². The van der Waals surface area contributed by atoms with E-state index < -0.39 is 0 Å². The number of furan rings is 1. The zero-order valence-electron chi connectivity index (χ0n) is 27.7. The SMILES string of the molecule is c1ccc(-c2cccc(-c3ccc(N(c4ccc(-c5cccc6c5sc5ccccc56)cc4)c4cccc5oc6ccccc6c45)cc3)c2)cc1. The van der Waals surface area contributed by atoms with Crippen LogP contribution in [-0.4, -0.2) is 0 Å². The predicted octanol–water partition coefficient (Wildman–Crippen LogP) is 14.4. The van der Waals surface area contributed by atoms with E-state index in [-0.39, 0.29) is 0 Å². The van der Waals surface area contributed by atoms with Crippen LogP contribution in [-0.2, 0) is 0 Å². The smallest absolute Gasteiger partial charge is 0.137 e. The summed E-state index contributed by atoms with van der Waals surface area (Å²) in [6.07, 6.45) is 0. The zero-order valence-corrected chi connectivity index (χ0v) is 28.5. The molecule has 0 aliphatic rings. The van der Waals surface area contributed by atoms with Gasteiger partial charge in [-0.3, -0.25) is 0 Å². The van der Waals surface area contributed by atoms with Crippen molar-refractivity contribution in [3.8, 4) is 33.4 Å². The van der Waals surface area contributed by atoms with Gasteiger partial charge in [-0.05, 0) is 88.0 Å². The molecular formula is C48H31NOS. The fraction of sp³-hybridized carbons (Fsp3) is 0. The van der Waals surface area contributed by atoms with Crippen molar-refractivity contribution in [2.24, 2.45) is 0 Å². The van der Waals surface area contributed by atoms with Crippen LogP contribution in [0.15, 0.2) is 192 Å². The Morgan fingerprint density at radius 2 is 0.961 bits per heavy atom. The van der Waals surface area contributed by atoms with Crippen LogP contribution in [0.3, 0.4) is 0 Å². The Kier molecular flexibility index (Phi) is 7.04. The highest BCUT2D eigenvalue weighted by atomic mass is 32.1. The molecule has 0 saturated carbocycles. The summed E-state index contributed by atoms with van der Waals surface area (Å²) in [5.41, 5.74) is 12.3. The lowest BCUT2D eigenvalue weighted by Gasteiger charge is -2.26.